The molecule has 0 saturated heterocycles. The topological polar surface area (TPSA) is 82.3 Å². The Labute approximate surface area is 105 Å². The molecule has 4 N–H and O–H groups in total. The van der Waals surface area contributed by atoms with Crippen molar-refractivity contribution >= 4 is 22.5 Å². The molecule has 1 aromatic carbocycles. The van der Waals surface area contributed by atoms with Crippen LogP contribution in [0.4, 0.5) is 5.69 Å². The number of aromatic amines is 1. The van der Waals surface area contributed by atoms with Crippen LogP contribution in [0.3, 0.4) is 0 Å². The van der Waals surface area contributed by atoms with Gasteiger partial charge in [-0.05, 0) is 19.1 Å². The van der Waals surface area contributed by atoms with Crippen LogP contribution in [0.25, 0.3) is 10.9 Å². The van der Waals surface area contributed by atoms with Crippen LogP contribution in [-0.4, -0.2) is 40.6 Å². The van der Waals surface area contributed by atoms with E-state index in [1.165, 1.54) is 0 Å². The number of fused-ring (bicyclic) bond motifs is 1. The van der Waals surface area contributed by atoms with Gasteiger partial charge in [-0.2, -0.15) is 0 Å². The van der Waals surface area contributed by atoms with Crippen molar-refractivity contribution in [2.24, 2.45) is 0 Å². The number of aliphatic hydroxyl groups excluding tert-OH is 1. The van der Waals surface area contributed by atoms with E-state index < -0.39 is 0 Å². The van der Waals surface area contributed by atoms with Crippen LogP contribution < -0.4 is 5.73 Å². The number of anilines is 1. The lowest BCUT2D eigenvalue weighted by Crippen LogP contribution is -2.33. The molecule has 18 heavy (non-hydrogen) atoms. The SMILES string of the molecule is CCN(CCO)C(=O)c1cc2cccc(N)c2[nH]1. The second-order valence-electron chi connectivity index (χ2n) is 4.10. The van der Waals surface area contributed by atoms with Crippen LogP contribution in [0.15, 0.2) is 24.3 Å². The Kier molecular flexibility index (Phi) is 3.53. The van der Waals surface area contributed by atoms with Crippen LogP contribution in [-0.2, 0) is 0 Å². The van der Waals surface area contributed by atoms with Crippen LogP contribution in [0, 0.1) is 0 Å². The molecule has 0 saturated carbocycles. The molecule has 0 atom stereocenters. The van der Waals surface area contributed by atoms with Gasteiger partial charge in [0.1, 0.15) is 5.69 Å². The Morgan fingerprint density at radius 2 is 2.28 bits per heavy atom. The number of carbonyl (C=O) groups excluding carboxylic acids is 1. The van der Waals surface area contributed by atoms with Gasteiger partial charge >= 0.3 is 0 Å². The van der Waals surface area contributed by atoms with Crippen LogP contribution >= 0.6 is 0 Å². The molecule has 0 bridgehead atoms. The minimum Gasteiger partial charge on any atom is -0.397 e. The van der Waals surface area contributed by atoms with Crippen molar-refractivity contribution in [2.75, 3.05) is 25.4 Å². The molecule has 0 aliphatic carbocycles. The zero-order valence-electron chi connectivity index (χ0n) is 10.3. The number of hydrogen-bond acceptors (Lipinski definition) is 3. The smallest absolute Gasteiger partial charge is 0.270 e. The van der Waals surface area contributed by atoms with E-state index in [9.17, 15) is 4.79 Å². The number of nitrogen functional groups attached to an aromatic ring is 1. The first-order chi connectivity index (χ1) is 8.67. The summed E-state index contributed by atoms with van der Waals surface area (Å²) in [5.41, 5.74) is 7.74. The van der Waals surface area contributed by atoms with Crippen molar-refractivity contribution in [1.82, 2.24) is 9.88 Å². The number of likely N-dealkylation sites (N-methyl/N-ethyl adjacent to an activating group) is 1. The van der Waals surface area contributed by atoms with E-state index in [1.807, 2.05) is 19.1 Å². The summed E-state index contributed by atoms with van der Waals surface area (Å²) >= 11 is 0. The maximum absolute atomic E-state index is 12.2. The van der Waals surface area contributed by atoms with Gasteiger partial charge in [0.2, 0.25) is 0 Å². The van der Waals surface area contributed by atoms with Gasteiger partial charge in [-0.15, -0.1) is 0 Å². The Balaban J connectivity index is 2.36. The molecular formula is C13H17N3O2. The number of rotatable bonds is 4. The molecule has 1 amide bonds. The number of amides is 1. The second kappa shape index (κ2) is 5.10. The fourth-order valence-electron chi connectivity index (χ4n) is 1.99. The van der Waals surface area contributed by atoms with Crippen molar-refractivity contribution in [3.8, 4) is 0 Å². The summed E-state index contributed by atoms with van der Waals surface area (Å²) in [6, 6.07) is 7.33. The molecule has 2 rings (SSSR count). The van der Waals surface area contributed by atoms with Crippen molar-refractivity contribution in [2.45, 2.75) is 6.92 Å². The van der Waals surface area contributed by atoms with Gasteiger partial charge in [0, 0.05) is 18.5 Å². The molecule has 0 spiro atoms. The van der Waals surface area contributed by atoms with Gasteiger partial charge in [0.05, 0.1) is 17.8 Å². The van der Waals surface area contributed by atoms with Crippen molar-refractivity contribution in [3.63, 3.8) is 0 Å². The van der Waals surface area contributed by atoms with E-state index in [0.717, 1.165) is 10.9 Å². The zero-order valence-corrected chi connectivity index (χ0v) is 10.3. The molecule has 5 heteroatoms. The number of para-hydroxylation sites is 1. The largest absolute Gasteiger partial charge is 0.397 e. The lowest BCUT2D eigenvalue weighted by atomic mass is 10.2. The third kappa shape index (κ3) is 2.17. The quantitative estimate of drug-likeness (QED) is 0.710. The maximum atomic E-state index is 12.2. The maximum Gasteiger partial charge on any atom is 0.270 e. The minimum absolute atomic E-state index is 0.0397. The molecule has 0 fully saturated rings. The predicted molar refractivity (Wildman–Crippen MR) is 71.4 cm³/mol. The van der Waals surface area contributed by atoms with Crippen molar-refractivity contribution < 1.29 is 9.90 Å². The molecule has 0 aliphatic heterocycles. The first-order valence-corrected chi connectivity index (χ1v) is 5.94. The number of nitrogens with two attached hydrogens (primary N) is 1. The third-order valence-corrected chi connectivity index (χ3v) is 2.96. The Morgan fingerprint density at radius 3 is 2.89 bits per heavy atom. The molecule has 0 unspecified atom stereocenters. The van der Waals surface area contributed by atoms with E-state index in [2.05, 4.69) is 4.98 Å². The number of benzene rings is 1. The third-order valence-electron chi connectivity index (χ3n) is 2.96. The van der Waals surface area contributed by atoms with Gasteiger partial charge in [0.15, 0.2) is 0 Å². The Morgan fingerprint density at radius 1 is 1.50 bits per heavy atom. The number of nitrogens with zero attached hydrogens (tertiary/aromatic N) is 1. The lowest BCUT2D eigenvalue weighted by Gasteiger charge is -2.18. The van der Waals surface area contributed by atoms with Crippen LogP contribution in [0.1, 0.15) is 17.4 Å². The summed E-state index contributed by atoms with van der Waals surface area (Å²) < 4.78 is 0. The summed E-state index contributed by atoms with van der Waals surface area (Å²) in [6.07, 6.45) is 0. The number of nitrogens with one attached hydrogen (secondary N) is 1. The van der Waals surface area contributed by atoms with Crippen molar-refractivity contribution in [3.05, 3.63) is 30.0 Å². The summed E-state index contributed by atoms with van der Waals surface area (Å²) in [5.74, 6) is -0.123. The van der Waals surface area contributed by atoms with Gasteiger partial charge in [0.25, 0.3) is 5.91 Å². The summed E-state index contributed by atoms with van der Waals surface area (Å²) in [7, 11) is 0. The van der Waals surface area contributed by atoms with Gasteiger partial charge < -0.3 is 20.7 Å². The van der Waals surface area contributed by atoms with Gasteiger partial charge in [-0.25, -0.2) is 0 Å². The first-order valence-electron chi connectivity index (χ1n) is 5.94. The van der Waals surface area contributed by atoms with E-state index in [0.29, 0.717) is 24.5 Å². The summed E-state index contributed by atoms with van der Waals surface area (Å²) in [5, 5.41) is 9.84. The molecule has 96 valence electrons. The normalized spacial score (nSPS) is 10.8. The molecule has 1 aromatic heterocycles. The van der Waals surface area contributed by atoms with E-state index in [1.54, 1.807) is 17.0 Å². The Hall–Kier alpha value is -2.01. The molecule has 0 aliphatic rings. The molecule has 1 heterocycles. The van der Waals surface area contributed by atoms with Crippen molar-refractivity contribution in [1.29, 1.82) is 0 Å². The number of H-pyrrole nitrogens is 1. The van der Waals surface area contributed by atoms with E-state index in [-0.39, 0.29) is 12.5 Å². The molecule has 2 aromatic rings. The number of carbonyl (C=O) groups is 1. The highest BCUT2D eigenvalue weighted by molar-refractivity contribution is 6.00. The highest BCUT2D eigenvalue weighted by atomic mass is 16.3. The number of hydrogen-bond donors (Lipinski definition) is 3. The average molecular weight is 247 g/mol. The van der Waals surface area contributed by atoms with Crippen LogP contribution in [0.5, 0.6) is 0 Å². The van der Waals surface area contributed by atoms with E-state index in [4.69, 9.17) is 10.8 Å². The highest BCUT2D eigenvalue weighted by Crippen LogP contribution is 2.21. The molecular weight excluding hydrogens is 230 g/mol. The monoisotopic (exact) mass is 247 g/mol. The fraction of sp³-hybridized carbons (Fsp3) is 0.308. The average Bonchev–Trinajstić information content (AvgIpc) is 2.80. The van der Waals surface area contributed by atoms with E-state index >= 15 is 0 Å². The van der Waals surface area contributed by atoms with Gasteiger partial charge in [-0.3, -0.25) is 4.79 Å². The minimum atomic E-state index is -0.123. The second-order valence-corrected chi connectivity index (χ2v) is 4.10. The standard InChI is InChI=1S/C13H17N3O2/c1-2-16(6-7-17)13(18)11-8-9-4-3-5-10(14)12(9)15-11/h3-5,8,15,17H,2,6-7,14H2,1H3. The number of aromatic nitrogens is 1. The first kappa shape index (κ1) is 12.4. The summed E-state index contributed by atoms with van der Waals surface area (Å²) in [4.78, 5) is 16.8. The lowest BCUT2D eigenvalue weighted by molar-refractivity contribution is 0.0727. The number of aliphatic hydroxyl groups is 1. The summed E-state index contributed by atoms with van der Waals surface area (Å²) in [6.45, 7) is 2.73. The van der Waals surface area contributed by atoms with Gasteiger partial charge in [-0.1, -0.05) is 12.1 Å². The highest BCUT2D eigenvalue weighted by Gasteiger charge is 2.16. The van der Waals surface area contributed by atoms with Crippen LogP contribution in [0.2, 0.25) is 0 Å². The Bertz CT molecular complexity index is 562. The fourth-order valence-corrected chi connectivity index (χ4v) is 1.99. The predicted octanol–water partition coefficient (Wildman–Crippen LogP) is 1.20. The molecule has 0 radical (unpaired) electrons. The molecule has 5 nitrogen and oxygen atoms in total. The zero-order chi connectivity index (χ0) is 13.1.